The minimum absolute atomic E-state index is 0.260. The maximum absolute atomic E-state index is 13.1. The van der Waals surface area contributed by atoms with Gasteiger partial charge < -0.3 is 0 Å². The number of halogens is 3. The lowest BCUT2D eigenvalue weighted by Crippen LogP contribution is -1.90. The monoisotopic (exact) mass is 282 g/mol. The molecule has 2 rings (SSSR count). The molecular formula is C13H9BrF2. The summed E-state index contributed by atoms with van der Waals surface area (Å²) in [6.45, 7) is 0. The van der Waals surface area contributed by atoms with E-state index in [1.165, 1.54) is 24.3 Å². The molecule has 0 aliphatic rings. The average molecular weight is 283 g/mol. The molecule has 0 atom stereocenters. The molecule has 16 heavy (non-hydrogen) atoms. The van der Waals surface area contributed by atoms with Gasteiger partial charge in [-0.05, 0) is 47.9 Å². The fourth-order valence-corrected chi connectivity index (χ4v) is 2.06. The fraction of sp³-hybridized carbons (Fsp3) is 0.0769. The first-order chi connectivity index (χ1) is 7.63. The summed E-state index contributed by atoms with van der Waals surface area (Å²) in [6, 6.07) is 11.0. The normalized spacial score (nSPS) is 10.4. The van der Waals surface area contributed by atoms with Gasteiger partial charge in [-0.3, -0.25) is 0 Å². The van der Waals surface area contributed by atoms with Crippen molar-refractivity contribution >= 4 is 15.9 Å². The van der Waals surface area contributed by atoms with Gasteiger partial charge in [-0.2, -0.15) is 0 Å². The fourth-order valence-electron chi connectivity index (χ4n) is 1.55. The van der Waals surface area contributed by atoms with Gasteiger partial charge in [0.2, 0.25) is 0 Å². The summed E-state index contributed by atoms with van der Waals surface area (Å²) in [6.07, 6.45) is 0.594. The van der Waals surface area contributed by atoms with Crippen LogP contribution in [0.5, 0.6) is 0 Å². The van der Waals surface area contributed by atoms with Crippen molar-refractivity contribution in [1.29, 1.82) is 0 Å². The van der Waals surface area contributed by atoms with E-state index in [1.807, 2.05) is 6.07 Å². The lowest BCUT2D eigenvalue weighted by atomic mass is 10.1. The van der Waals surface area contributed by atoms with Crippen LogP contribution in [0.2, 0.25) is 0 Å². The summed E-state index contributed by atoms with van der Waals surface area (Å²) >= 11 is 3.24. The van der Waals surface area contributed by atoms with E-state index in [0.717, 1.165) is 11.1 Å². The predicted octanol–water partition coefficient (Wildman–Crippen LogP) is 4.32. The molecular weight excluding hydrogens is 274 g/mol. The highest BCUT2D eigenvalue weighted by Gasteiger charge is 2.01. The van der Waals surface area contributed by atoms with Gasteiger partial charge in [-0.15, -0.1) is 0 Å². The van der Waals surface area contributed by atoms with E-state index < -0.39 is 0 Å². The molecule has 3 heteroatoms. The van der Waals surface area contributed by atoms with E-state index in [4.69, 9.17) is 0 Å². The van der Waals surface area contributed by atoms with Crippen molar-refractivity contribution in [3.05, 3.63) is 69.7 Å². The Morgan fingerprint density at radius 3 is 2.12 bits per heavy atom. The van der Waals surface area contributed by atoms with E-state index in [-0.39, 0.29) is 11.6 Å². The Morgan fingerprint density at radius 2 is 1.50 bits per heavy atom. The van der Waals surface area contributed by atoms with E-state index in [2.05, 4.69) is 15.9 Å². The van der Waals surface area contributed by atoms with Crippen LogP contribution in [0.25, 0.3) is 0 Å². The Bertz CT molecular complexity index is 472. The van der Waals surface area contributed by atoms with Crippen molar-refractivity contribution in [2.24, 2.45) is 0 Å². The standard InChI is InChI=1S/C13H9BrF2/c14-11-6-10(7-13(16)8-11)5-9-1-3-12(15)4-2-9/h1-4,6-8H,5H2. The molecule has 0 nitrogen and oxygen atoms in total. The molecule has 2 aromatic carbocycles. The highest BCUT2D eigenvalue weighted by atomic mass is 79.9. The van der Waals surface area contributed by atoms with Crippen LogP contribution in [-0.4, -0.2) is 0 Å². The molecule has 82 valence electrons. The summed E-state index contributed by atoms with van der Waals surface area (Å²) in [5.41, 5.74) is 1.82. The molecule has 0 unspecified atom stereocenters. The molecule has 0 aliphatic heterocycles. The van der Waals surface area contributed by atoms with Crippen LogP contribution in [0.1, 0.15) is 11.1 Å². The van der Waals surface area contributed by atoms with Crippen molar-refractivity contribution in [2.45, 2.75) is 6.42 Å². The van der Waals surface area contributed by atoms with Gasteiger partial charge in [-0.25, -0.2) is 8.78 Å². The van der Waals surface area contributed by atoms with E-state index >= 15 is 0 Å². The number of rotatable bonds is 2. The van der Waals surface area contributed by atoms with Gasteiger partial charge in [0, 0.05) is 4.47 Å². The van der Waals surface area contributed by atoms with Crippen LogP contribution in [0.3, 0.4) is 0 Å². The van der Waals surface area contributed by atoms with Crippen LogP contribution < -0.4 is 0 Å². The minimum atomic E-state index is -0.272. The highest BCUT2D eigenvalue weighted by molar-refractivity contribution is 9.10. The zero-order valence-corrected chi connectivity index (χ0v) is 9.97. The predicted molar refractivity (Wildman–Crippen MR) is 63.3 cm³/mol. The molecule has 0 saturated carbocycles. The lowest BCUT2D eigenvalue weighted by Gasteiger charge is -2.03. The molecule has 2 aromatic rings. The van der Waals surface area contributed by atoms with Crippen molar-refractivity contribution in [2.75, 3.05) is 0 Å². The second-order valence-electron chi connectivity index (χ2n) is 3.58. The van der Waals surface area contributed by atoms with Gasteiger partial charge in [0.15, 0.2) is 0 Å². The molecule has 0 heterocycles. The van der Waals surface area contributed by atoms with Crippen LogP contribution in [0.4, 0.5) is 8.78 Å². The van der Waals surface area contributed by atoms with Gasteiger partial charge in [0.1, 0.15) is 11.6 Å². The topological polar surface area (TPSA) is 0 Å². The molecule has 0 spiro atoms. The zero-order valence-electron chi connectivity index (χ0n) is 8.38. The van der Waals surface area contributed by atoms with Gasteiger partial charge in [0.05, 0.1) is 0 Å². The third-order valence-electron chi connectivity index (χ3n) is 2.24. The molecule has 0 amide bonds. The molecule has 0 aliphatic carbocycles. The molecule has 0 N–H and O–H groups in total. The second kappa shape index (κ2) is 4.74. The van der Waals surface area contributed by atoms with Crippen molar-refractivity contribution < 1.29 is 8.78 Å². The first-order valence-electron chi connectivity index (χ1n) is 4.83. The Balaban J connectivity index is 2.23. The third kappa shape index (κ3) is 2.89. The maximum Gasteiger partial charge on any atom is 0.124 e. The van der Waals surface area contributed by atoms with Crippen molar-refractivity contribution in [1.82, 2.24) is 0 Å². The summed E-state index contributed by atoms with van der Waals surface area (Å²) in [5, 5.41) is 0. The van der Waals surface area contributed by atoms with Crippen molar-refractivity contribution in [3.8, 4) is 0 Å². The Morgan fingerprint density at radius 1 is 0.812 bits per heavy atom. The summed E-state index contributed by atoms with van der Waals surface area (Å²) in [4.78, 5) is 0. The van der Waals surface area contributed by atoms with E-state index in [9.17, 15) is 8.78 Å². The summed E-state index contributed by atoms with van der Waals surface area (Å²) in [5.74, 6) is -0.532. The highest BCUT2D eigenvalue weighted by Crippen LogP contribution is 2.17. The quantitative estimate of drug-likeness (QED) is 0.770. The van der Waals surface area contributed by atoms with Crippen LogP contribution in [0.15, 0.2) is 46.9 Å². The molecule has 0 aromatic heterocycles. The Labute approximate surface area is 101 Å². The van der Waals surface area contributed by atoms with Gasteiger partial charge in [0.25, 0.3) is 0 Å². The SMILES string of the molecule is Fc1ccc(Cc2cc(F)cc(Br)c2)cc1. The van der Waals surface area contributed by atoms with Crippen LogP contribution >= 0.6 is 15.9 Å². The average Bonchev–Trinajstić information content (AvgIpc) is 2.20. The first kappa shape index (κ1) is 11.3. The van der Waals surface area contributed by atoms with Gasteiger partial charge in [-0.1, -0.05) is 28.1 Å². The second-order valence-corrected chi connectivity index (χ2v) is 4.50. The van der Waals surface area contributed by atoms with E-state index in [0.29, 0.717) is 10.9 Å². The Hall–Kier alpha value is -1.22. The number of benzene rings is 2. The molecule has 0 fully saturated rings. The van der Waals surface area contributed by atoms with Gasteiger partial charge >= 0.3 is 0 Å². The van der Waals surface area contributed by atoms with Crippen LogP contribution in [0, 0.1) is 11.6 Å². The largest absolute Gasteiger partial charge is 0.207 e. The smallest absolute Gasteiger partial charge is 0.124 e. The van der Waals surface area contributed by atoms with Crippen LogP contribution in [-0.2, 0) is 6.42 Å². The van der Waals surface area contributed by atoms with Crippen molar-refractivity contribution in [3.63, 3.8) is 0 Å². The van der Waals surface area contributed by atoms with E-state index in [1.54, 1.807) is 12.1 Å². The lowest BCUT2D eigenvalue weighted by molar-refractivity contribution is 0.624. The summed E-state index contributed by atoms with van der Waals surface area (Å²) < 4.78 is 26.5. The first-order valence-corrected chi connectivity index (χ1v) is 5.62. The summed E-state index contributed by atoms with van der Waals surface area (Å²) in [7, 11) is 0. The molecule has 0 radical (unpaired) electrons. The maximum atomic E-state index is 13.1. The Kier molecular flexibility index (Phi) is 3.34. The third-order valence-corrected chi connectivity index (χ3v) is 2.70. The zero-order chi connectivity index (χ0) is 11.5. The molecule has 0 bridgehead atoms. The molecule has 0 saturated heterocycles. The minimum Gasteiger partial charge on any atom is -0.207 e. The number of hydrogen-bond acceptors (Lipinski definition) is 0. The number of hydrogen-bond donors (Lipinski definition) is 0.